The van der Waals surface area contributed by atoms with Crippen LogP contribution >= 0.6 is 0 Å². The number of hydrogen-bond acceptors (Lipinski definition) is 3. The molecule has 102 valence electrons. The maximum absolute atomic E-state index is 12.2. The Kier molecular flexibility index (Phi) is 3.29. The molecule has 0 radical (unpaired) electrons. The maximum Gasteiger partial charge on any atom is 0.261 e. The van der Waals surface area contributed by atoms with Gasteiger partial charge in [-0.25, -0.2) is 0 Å². The van der Waals surface area contributed by atoms with Gasteiger partial charge in [-0.2, -0.15) is 0 Å². The summed E-state index contributed by atoms with van der Waals surface area (Å²) < 4.78 is 5.49. The van der Waals surface area contributed by atoms with Crippen molar-refractivity contribution in [3.63, 3.8) is 0 Å². The summed E-state index contributed by atoms with van der Waals surface area (Å²) in [6.07, 6.45) is 0. The second kappa shape index (κ2) is 5.25. The lowest BCUT2D eigenvalue weighted by Gasteiger charge is -2.16. The van der Waals surface area contributed by atoms with Crippen LogP contribution in [0.2, 0.25) is 0 Å². The van der Waals surface area contributed by atoms with Crippen LogP contribution in [-0.4, -0.2) is 17.4 Å². The van der Waals surface area contributed by atoms with E-state index >= 15 is 0 Å². The molecule has 4 heteroatoms. The zero-order chi connectivity index (χ0) is 13.9. The third-order valence-corrected chi connectivity index (χ3v) is 3.46. The number of carbonyl (C=O) groups excluding carboxylic acids is 1. The lowest BCUT2D eigenvalue weighted by Crippen LogP contribution is -2.30. The van der Waals surface area contributed by atoms with Crippen LogP contribution in [-0.2, 0) is 17.9 Å². The fraction of sp³-hybridized carbons (Fsp3) is 0.188. The van der Waals surface area contributed by atoms with Gasteiger partial charge >= 0.3 is 0 Å². The second-order valence-electron chi connectivity index (χ2n) is 4.85. The minimum absolute atomic E-state index is 0.0161. The predicted octanol–water partition coefficient (Wildman–Crippen LogP) is 2.19. The zero-order valence-corrected chi connectivity index (χ0v) is 11.1. The number of nitrogens with zero attached hydrogens (tertiary/aromatic N) is 1. The van der Waals surface area contributed by atoms with Crippen molar-refractivity contribution in [2.24, 2.45) is 0 Å². The van der Waals surface area contributed by atoms with Gasteiger partial charge in [-0.3, -0.25) is 4.79 Å². The van der Waals surface area contributed by atoms with E-state index in [4.69, 9.17) is 10.5 Å². The molecule has 2 aromatic carbocycles. The molecule has 1 aliphatic heterocycles. The van der Waals surface area contributed by atoms with Crippen LogP contribution in [0.1, 0.15) is 11.1 Å². The molecule has 0 aromatic heterocycles. The van der Waals surface area contributed by atoms with Gasteiger partial charge < -0.3 is 15.4 Å². The van der Waals surface area contributed by atoms with Crippen molar-refractivity contribution in [1.82, 2.24) is 4.90 Å². The van der Waals surface area contributed by atoms with Gasteiger partial charge in [0.2, 0.25) is 0 Å². The third-order valence-electron chi connectivity index (χ3n) is 3.46. The molecule has 1 amide bonds. The van der Waals surface area contributed by atoms with E-state index in [0.717, 1.165) is 0 Å². The average molecular weight is 268 g/mol. The Morgan fingerprint density at radius 2 is 1.65 bits per heavy atom. The molecular formula is C16H16N2O2. The van der Waals surface area contributed by atoms with Gasteiger partial charge in [0.05, 0.1) is 5.69 Å². The number of nitrogens with two attached hydrogens (primary N) is 1. The van der Waals surface area contributed by atoms with Crippen LogP contribution in [0, 0.1) is 0 Å². The topological polar surface area (TPSA) is 55.6 Å². The molecule has 0 unspecified atom stereocenters. The van der Waals surface area contributed by atoms with E-state index in [1.165, 1.54) is 11.1 Å². The molecule has 0 aliphatic carbocycles. The quantitative estimate of drug-likeness (QED) is 0.868. The van der Waals surface area contributed by atoms with Gasteiger partial charge in [0.25, 0.3) is 5.91 Å². The van der Waals surface area contributed by atoms with Crippen LogP contribution in [0.15, 0.2) is 48.5 Å². The molecule has 0 saturated heterocycles. The lowest BCUT2D eigenvalue weighted by atomic mass is 10.1. The summed E-state index contributed by atoms with van der Waals surface area (Å²) in [6, 6.07) is 15.3. The highest BCUT2D eigenvalue weighted by atomic mass is 16.5. The van der Waals surface area contributed by atoms with Crippen LogP contribution in [0.5, 0.6) is 5.75 Å². The van der Waals surface area contributed by atoms with E-state index in [0.29, 0.717) is 24.5 Å². The number of ether oxygens (including phenoxy) is 1. The average Bonchev–Trinajstić information content (AvgIpc) is 2.90. The number of para-hydroxylation sites is 2. The molecule has 20 heavy (non-hydrogen) atoms. The first-order valence-corrected chi connectivity index (χ1v) is 6.56. The first-order valence-electron chi connectivity index (χ1n) is 6.56. The number of fused-ring (bicyclic) bond motifs is 1. The molecule has 2 N–H and O–H groups in total. The van der Waals surface area contributed by atoms with Gasteiger partial charge in [-0.05, 0) is 23.3 Å². The number of carbonyl (C=O) groups is 1. The highest BCUT2D eigenvalue weighted by Crippen LogP contribution is 2.23. The summed E-state index contributed by atoms with van der Waals surface area (Å²) in [6.45, 7) is 1.33. The molecular weight excluding hydrogens is 252 g/mol. The second-order valence-corrected chi connectivity index (χ2v) is 4.85. The summed E-state index contributed by atoms with van der Waals surface area (Å²) in [4.78, 5) is 14.0. The number of rotatable bonds is 3. The Hall–Kier alpha value is -2.49. The first-order chi connectivity index (χ1) is 9.74. The van der Waals surface area contributed by atoms with Crippen molar-refractivity contribution in [2.75, 3.05) is 12.3 Å². The monoisotopic (exact) mass is 268 g/mol. The number of amides is 1. The molecule has 1 heterocycles. The molecule has 4 nitrogen and oxygen atoms in total. The van der Waals surface area contributed by atoms with Crippen molar-refractivity contribution in [1.29, 1.82) is 0 Å². The van der Waals surface area contributed by atoms with Crippen molar-refractivity contribution in [3.05, 3.63) is 59.7 Å². The summed E-state index contributed by atoms with van der Waals surface area (Å²) in [5.74, 6) is 0.530. The molecule has 0 atom stereocenters. The molecule has 0 bridgehead atoms. The van der Waals surface area contributed by atoms with E-state index in [2.05, 4.69) is 12.1 Å². The zero-order valence-electron chi connectivity index (χ0n) is 11.1. The van der Waals surface area contributed by atoms with Crippen LogP contribution < -0.4 is 10.5 Å². The van der Waals surface area contributed by atoms with Gasteiger partial charge in [0, 0.05) is 13.1 Å². The fourth-order valence-electron chi connectivity index (χ4n) is 2.35. The molecule has 1 aliphatic rings. The van der Waals surface area contributed by atoms with Crippen LogP contribution in [0.4, 0.5) is 5.69 Å². The number of anilines is 1. The summed E-state index contributed by atoms with van der Waals surface area (Å²) in [5, 5.41) is 0. The van der Waals surface area contributed by atoms with E-state index in [-0.39, 0.29) is 12.5 Å². The van der Waals surface area contributed by atoms with Crippen molar-refractivity contribution >= 4 is 11.6 Å². The van der Waals surface area contributed by atoms with Crippen molar-refractivity contribution in [3.8, 4) is 5.75 Å². The summed E-state index contributed by atoms with van der Waals surface area (Å²) in [5.41, 5.74) is 8.74. The molecule has 3 rings (SSSR count). The van der Waals surface area contributed by atoms with Crippen molar-refractivity contribution in [2.45, 2.75) is 13.1 Å². The predicted molar refractivity (Wildman–Crippen MR) is 77.0 cm³/mol. The number of benzene rings is 2. The Balaban J connectivity index is 1.61. The van der Waals surface area contributed by atoms with Gasteiger partial charge in [-0.15, -0.1) is 0 Å². The van der Waals surface area contributed by atoms with Crippen LogP contribution in [0.3, 0.4) is 0 Å². The van der Waals surface area contributed by atoms with Gasteiger partial charge in [0.15, 0.2) is 6.61 Å². The lowest BCUT2D eigenvalue weighted by molar-refractivity contribution is -0.133. The summed E-state index contributed by atoms with van der Waals surface area (Å²) in [7, 11) is 0. The number of hydrogen-bond donors (Lipinski definition) is 1. The minimum atomic E-state index is -0.0237. The highest BCUT2D eigenvalue weighted by molar-refractivity contribution is 5.78. The maximum atomic E-state index is 12.2. The molecule has 0 spiro atoms. The Morgan fingerprint density at radius 1 is 1.05 bits per heavy atom. The highest BCUT2D eigenvalue weighted by Gasteiger charge is 2.23. The largest absolute Gasteiger partial charge is 0.482 e. The fourth-order valence-corrected chi connectivity index (χ4v) is 2.35. The summed E-state index contributed by atoms with van der Waals surface area (Å²) >= 11 is 0. The third kappa shape index (κ3) is 2.45. The Morgan fingerprint density at radius 3 is 2.30 bits per heavy atom. The van der Waals surface area contributed by atoms with Gasteiger partial charge in [0.1, 0.15) is 5.75 Å². The standard InChI is InChI=1S/C16H16N2O2/c17-14-7-3-4-8-15(14)20-11-16(19)18-9-12-5-1-2-6-13(12)10-18/h1-8H,9-11,17H2. The molecule has 0 saturated carbocycles. The van der Waals surface area contributed by atoms with E-state index in [1.807, 2.05) is 24.3 Å². The smallest absolute Gasteiger partial charge is 0.261 e. The van der Waals surface area contributed by atoms with E-state index in [1.54, 1.807) is 17.0 Å². The first kappa shape index (κ1) is 12.5. The van der Waals surface area contributed by atoms with E-state index in [9.17, 15) is 4.79 Å². The molecule has 0 fully saturated rings. The SMILES string of the molecule is Nc1ccccc1OCC(=O)N1Cc2ccccc2C1. The normalized spacial score (nSPS) is 13.1. The van der Waals surface area contributed by atoms with Crippen LogP contribution in [0.25, 0.3) is 0 Å². The Labute approximate surface area is 117 Å². The van der Waals surface area contributed by atoms with E-state index < -0.39 is 0 Å². The number of nitrogen functional groups attached to an aromatic ring is 1. The Bertz CT molecular complexity index is 615. The molecule has 2 aromatic rings. The van der Waals surface area contributed by atoms with Crippen molar-refractivity contribution < 1.29 is 9.53 Å². The van der Waals surface area contributed by atoms with Gasteiger partial charge in [-0.1, -0.05) is 36.4 Å². The minimum Gasteiger partial charge on any atom is -0.482 e.